The van der Waals surface area contributed by atoms with Crippen LogP contribution >= 0.6 is 15.9 Å². The molecule has 0 aliphatic rings. The van der Waals surface area contributed by atoms with E-state index in [-0.39, 0.29) is 15.8 Å². The second kappa shape index (κ2) is 6.71. The average molecular weight is 372 g/mol. The molecule has 112 valence electrons. The molecule has 1 aromatic rings. The van der Waals surface area contributed by atoms with Crippen molar-refractivity contribution in [1.82, 2.24) is 5.32 Å². The summed E-state index contributed by atoms with van der Waals surface area (Å²) in [6.45, 7) is 1.64. The minimum absolute atomic E-state index is 0.103. The molecule has 2 atom stereocenters. The largest absolute Gasteiger partial charge is 0.416 e. The Balaban J connectivity index is 2.95. The van der Waals surface area contributed by atoms with E-state index in [1.165, 1.54) is 12.3 Å². The molecule has 0 spiro atoms. The number of halogens is 4. The van der Waals surface area contributed by atoms with Gasteiger partial charge in [-0.15, -0.1) is 0 Å². The fraction of sp³-hybridized carbons (Fsp3) is 0.417. The first kappa shape index (κ1) is 17.2. The van der Waals surface area contributed by atoms with Gasteiger partial charge in [0.1, 0.15) is 0 Å². The maximum atomic E-state index is 12.6. The van der Waals surface area contributed by atoms with Crippen molar-refractivity contribution in [3.8, 4) is 0 Å². The van der Waals surface area contributed by atoms with Gasteiger partial charge in [0.25, 0.3) is 5.91 Å². The summed E-state index contributed by atoms with van der Waals surface area (Å²) in [7, 11) is -1.10. The first-order valence-corrected chi connectivity index (χ1v) is 8.11. The number of benzene rings is 1. The Kier molecular flexibility index (Phi) is 5.76. The Morgan fingerprint density at radius 1 is 1.45 bits per heavy atom. The molecular formula is C12H13BrF3NO2S. The van der Waals surface area contributed by atoms with E-state index in [1.54, 1.807) is 6.92 Å². The van der Waals surface area contributed by atoms with Gasteiger partial charge >= 0.3 is 6.18 Å². The van der Waals surface area contributed by atoms with Gasteiger partial charge < -0.3 is 5.32 Å². The Morgan fingerprint density at radius 3 is 2.55 bits per heavy atom. The molecular weight excluding hydrogens is 359 g/mol. The zero-order chi connectivity index (χ0) is 15.5. The number of nitrogens with one attached hydrogen (secondary N) is 1. The third-order valence-electron chi connectivity index (χ3n) is 2.40. The molecule has 0 aromatic heterocycles. The molecule has 1 rings (SSSR count). The van der Waals surface area contributed by atoms with Gasteiger partial charge in [0, 0.05) is 33.3 Å². The molecule has 1 N–H and O–H groups in total. The predicted molar refractivity (Wildman–Crippen MR) is 75.0 cm³/mol. The highest BCUT2D eigenvalue weighted by Gasteiger charge is 2.31. The van der Waals surface area contributed by atoms with Gasteiger partial charge in [-0.05, 0) is 41.1 Å². The molecule has 0 bridgehead atoms. The molecule has 0 saturated heterocycles. The Hall–Kier alpha value is -0.890. The highest BCUT2D eigenvalue weighted by molar-refractivity contribution is 9.10. The molecule has 0 saturated carbocycles. The van der Waals surface area contributed by atoms with E-state index < -0.39 is 34.5 Å². The van der Waals surface area contributed by atoms with Crippen LogP contribution in [0.25, 0.3) is 0 Å². The van der Waals surface area contributed by atoms with E-state index in [2.05, 4.69) is 21.2 Å². The molecule has 0 aliphatic heterocycles. The van der Waals surface area contributed by atoms with E-state index in [0.29, 0.717) is 0 Å². The number of rotatable bonds is 4. The predicted octanol–water partition coefficient (Wildman–Crippen LogP) is 2.96. The van der Waals surface area contributed by atoms with E-state index in [4.69, 9.17) is 0 Å². The Labute approximate surface area is 125 Å². The lowest BCUT2D eigenvalue weighted by molar-refractivity contribution is -0.137. The number of hydrogen-bond acceptors (Lipinski definition) is 2. The van der Waals surface area contributed by atoms with E-state index in [9.17, 15) is 22.2 Å². The smallest absolute Gasteiger partial charge is 0.349 e. The maximum absolute atomic E-state index is 12.6. The third-order valence-corrected chi connectivity index (χ3v) is 4.06. The van der Waals surface area contributed by atoms with E-state index in [1.807, 2.05) is 0 Å². The summed E-state index contributed by atoms with van der Waals surface area (Å²) in [6, 6.07) is 2.47. The molecule has 0 radical (unpaired) electrons. The summed E-state index contributed by atoms with van der Waals surface area (Å²) >= 11 is 3.05. The summed E-state index contributed by atoms with van der Waals surface area (Å²) in [5, 5.41) is 2.52. The summed E-state index contributed by atoms with van der Waals surface area (Å²) in [6.07, 6.45) is -3.02. The average Bonchev–Trinajstić information content (AvgIpc) is 2.26. The van der Waals surface area contributed by atoms with Crippen LogP contribution in [0.15, 0.2) is 22.7 Å². The molecule has 2 unspecified atom stereocenters. The van der Waals surface area contributed by atoms with Crippen LogP contribution in [0.2, 0.25) is 0 Å². The number of alkyl halides is 3. The van der Waals surface area contributed by atoms with Gasteiger partial charge in [0.15, 0.2) is 0 Å². The van der Waals surface area contributed by atoms with Crippen LogP contribution in [0.3, 0.4) is 0 Å². The first-order valence-electron chi connectivity index (χ1n) is 5.59. The normalized spacial score (nSPS) is 14.7. The lowest BCUT2D eigenvalue weighted by Gasteiger charge is -2.14. The fourth-order valence-corrected chi connectivity index (χ4v) is 2.79. The van der Waals surface area contributed by atoms with Crippen molar-refractivity contribution in [3.63, 3.8) is 0 Å². The lowest BCUT2D eigenvalue weighted by Crippen LogP contribution is -2.36. The number of amides is 1. The van der Waals surface area contributed by atoms with Crippen LogP contribution in [-0.2, 0) is 17.0 Å². The minimum Gasteiger partial charge on any atom is -0.349 e. The Morgan fingerprint density at radius 2 is 2.05 bits per heavy atom. The van der Waals surface area contributed by atoms with Crippen molar-refractivity contribution >= 4 is 32.6 Å². The van der Waals surface area contributed by atoms with Crippen LogP contribution in [-0.4, -0.2) is 28.2 Å². The number of hydrogen-bond donors (Lipinski definition) is 1. The first-order chi connectivity index (χ1) is 9.11. The number of carbonyl (C=O) groups excluding carboxylic acids is 1. The van der Waals surface area contributed by atoms with Gasteiger partial charge in [-0.1, -0.05) is 0 Å². The van der Waals surface area contributed by atoms with Gasteiger partial charge in [-0.2, -0.15) is 13.2 Å². The van der Waals surface area contributed by atoms with Crippen LogP contribution in [0.5, 0.6) is 0 Å². The highest BCUT2D eigenvalue weighted by atomic mass is 79.9. The molecule has 0 aliphatic carbocycles. The van der Waals surface area contributed by atoms with Crippen molar-refractivity contribution in [2.24, 2.45) is 0 Å². The van der Waals surface area contributed by atoms with Crippen molar-refractivity contribution in [2.45, 2.75) is 19.1 Å². The van der Waals surface area contributed by atoms with Crippen molar-refractivity contribution < 1.29 is 22.2 Å². The van der Waals surface area contributed by atoms with Crippen LogP contribution in [0.1, 0.15) is 22.8 Å². The molecule has 3 nitrogen and oxygen atoms in total. The van der Waals surface area contributed by atoms with Gasteiger partial charge in [0.2, 0.25) is 0 Å². The monoisotopic (exact) mass is 371 g/mol. The second-order valence-electron chi connectivity index (χ2n) is 4.31. The van der Waals surface area contributed by atoms with E-state index in [0.717, 1.165) is 12.1 Å². The zero-order valence-corrected chi connectivity index (χ0v) is 13.2. The molecule has 1 aromatic carbocycles. The maximum Gasteiger partial charge on any atom is 0.416 e. The van der Waals surface area contributed by atoms with Crippen molar-refractivity contribution in [3.05, 3.63) is 33.8 Å². The summed E-state index contributed by atoms with van der Waals surface area (Å²) < 4.78 is 49.1. The second-order valence-corrected chi connectivity index (χ2v) is 6.64. The molecule has 8 heteroatoms. The molecule has 1 amide bonds. The topological polar surface area (TPSA) is 46.2 Å². The summed E-state index contributed by atoms with van der Waals surface area (Å²) in [5.74, 6) is -0.400. The van der Waals surface area contributed by atoms with Gasteiger partial charge in [-0.25, -0.2) is 0 Å². The van der Waals surface area contributed by atoms with Crippen LogP contribution in [0.4, 0.5) is 13.2 Å². The SMILES string of the molecule is CC(CS(C)=O)NC(=O)c1cc(C(F)(F)F)ccc1Br. The lowest BCUT2D eigenvalue weighted by atomic mass is 10.1. The minimum atomic E-state index is -4.51. The quantitative estimate of drug-likeness (QED) is 0.884. The van der Waals surface area contributed by atoms with Gasteiger partial charge in [-0.3, -0.25) is 9.00 Å². The van der Waals surface area contributed by atoms with E-state index >= 15 is 0 Å². The summed E-state index contributed by atoms with van der Waals surface area (Å²) in [5.41, 5.74) is -0.994. The molecule has 0 fully saturated rings. The Bertz CT molecular complexity index is 534. The highest BCUT2D eigenvalue weighted by Crippen LogP contribution is 2.31. The van der Waals surface area contributed by atoms with Crippen molar-refractivity contribution in [1.29, 1.82) is 0 Å². The van der Waals surface area contributed by atoms with Crippen LogP contribution < -0.4 is 5.32 Å². The van der Waals surface area contributed by atoms with Gasteiger partial charge in [0.05, 0.1) is 11.1 Å². The standard InChI is InChI=1S/C12H13BrF3NO2S/c1-7(6-20(2)19)17-11(18)9-5-8(12(14,15)16)3-4-10(9)13/h3-5,7H,6H2,1-2H3,(H,17,18). The number of carbonyl (C=O) groups is 1. The summed E-state index contributed by atoms with van der Waals surface area (Å²) in [4.78, 5) is 11.9. The van der Waals surface area contributed by atoms with Crippen LogP contribution in [0, 0.1) is 0 Å². The molecule has 0 heterocycles. The molecule has 20 heavy (non-hydrogen) atoms. The third kappa shape index (κ3) is 4.90. The fourth-order valence-electron chi connectivity index (χ4n) is 1.57. The van der Waals surface area contributed by atoms with Crippen molar-refractivity contribution in [2.75, 3.05) is 12.0 Å². The zero-order valence-electron chi connectivity index (χ0n) is 10.8.